The van der Waals surface area contributed by atoms with Gasteiger partial charge in [0.1, 0.15) is 12.1 Å². The van der Waals surface area contributed by atoms with Gasteiger partial charge in [0, 0.05) is 38.9 Å². The van der Waals surface area contributed by atoms with E-state index in [-0.39, 0.29) is 18.7 Å². The molecule has 1 fully saturated rings. The largest absolute Gasteiger partial charge is 0.390 e. The standard InChI is InChI=1S/C37H56N4O5/c1-6-9-20-32(42)35(44)31(25-29-18-14-11-15-19-29)39-37(46)34(27(4)8-3)40-36(45)30(24-28-16-12-10-13-17-28)26-33(43)41(5)23-22-38-21-7-2/h1,3,10,12-13,16-17,27,29-32,34-35,38,42,44H,7,9,11,14-15,18-26H2,2,4-5H3,(H,39,46)(H,40,45)/t27?,30-,31+,32+,34+,35-/m1/s1. The number of aliphatic hydroxyl groups excluding tert-OH is 2. The van der Waals surface area contributed by atoms with Gasteiger partial charge in [-0.2, -0.15) is 0 Å². The molecule has 0 aromatic heterocycles. The minimum atomic E-state index is -1.23. The van der Waals surface area contributed by atoms with E-state index in [1.54, 1.807) is 18.9 Å². The maximum absolute atomic E-state index is 13.9. The Morgan fingerprint density at radius 3 is 2.35 bits per heavy atom. The molecule has 9 nitrogen and oxygen atoms in total. The quantitative estimate of drug-likeness (QED) is 0.111. The molecule has 2 rings (SSSR count). The molecule has 1 aliphatic carbocycles. The third-order valence-electron chi connectivity index (χ3n) is 8.97. The molecule has 0 aliphatic heterocycles. The van der Waals surface area contributed by atoms with E-state index in [4.69, 9.17) is 12.8 Å². The molecule has 1 aromatic rings. The molecule has 0 saturated heterocycles. The zero-order valence-electron chi connectivity index (χ0n) is 28.0. The van der Waals surface area contributed by atoms with Gasteiger partial charge < -0.3 is 31.1 Å². The van der Waals surface area contributed by atoms with Crippen LogP contribution < -0.4 is 16.0 Å². The number of likely N-dealkylation sites (N-methyl/N-ethyl adjacent to an activating group) is 1. The number of terminal acetylenes is 2. The second-order valence-electron chi connectivity index (χ2n) is 12.8. The second-order valence-corrected chi connectivity index (χ2v) is 12.8. The number of nitrogens with one attached hydrogen (secondary N) is 3. The van der Waals surface area contributed by atoms with Gasteiger partial charge in [-0.15, -0.1) is 24.7 Å². The van der Waals surface area contributed by atoms with Crippen LogP contribution in [0.3, 0.4) is 0 Å². The summed E-state index contributed by atoms with van der Waals surface area (Å²) in [5, 5.41) is 30.9. The predicted octanol–water partition coefficient (Wildman–Crippen LogP) is 3.04. The Morgan fingerprint density at radius 2 is 1.72 bits per heavy atom. The monoisotopic (exact) mass is 636 g/mol. The first kappa shape index (κ1) is 38.8. The normalized spacial score (nSPS) is 17.3. The van der Waals surface area contributed by atoms with Crippen molar-refractivity contribution in [2.24, 2.45) is 17.8 Å². The number of nitrogens with zero attached hydrogens (tertiary/aromatic N) is 1. The number of carbonyl (C=O) groups excluding carboxylic acids is 3. The van der Waals surface area contributed by atoms with Crippen LogP contribution in [0, 0.1) is 42.4 Å². The van der Waals surface area contributed by atoms with Crippen molar-refractivity contribution in [3.63, 3.8) is 0 Å². The molecular formula is C37H56N4O5. The summed E-state index contributed by atoms with van der Waals surface area (Å²) in [7, 11) is 1.72. The first-order valence-electron chi connectivity index (χ1n) is 17.0. The highest BCUT2D eigenvalue weighted by Crippen LogP contribution is 2.29. The first-order valence-corrected chi connectivity index (χ1v) is 17.0. The fourth-order valence-electron chi connectivity index (χ4n) is 5.99. The van der Waals surface area contributed by atoms with Crippen molar-refractivity contribution < 1.29 is 24.6 Å². The summed E-state index contributed by atoms with van der Waals surface area (Å²) in [6, 6.07) is 7.60. The minimum absolute atomic E-state index is 0.0336. The zero-order valence-corrected chi connectivity index (χ0v) is 28.0. The van der Waals surface area contributed by atoms with Crippen LogP contribution in [-0.2, 0) is 20.8 Å². The SMILES string of the molecule is C#CCC[C@H](O)[C@H](O)[C@H](CC1CCCCC1)NC(=O)[C@@H](NC(=O)[C@@H](CC(=O)N(C)CCNCCC)Cc1ccccc1)C(C)C#C. The van der Waals surface area contributed by atoms with Crippen LogP contribution >= 0.6 is 0 Å². The van der Waals surface area contributed by atoms with Crippen molar-refractivity contribution in [1.82, 2.24) is 20.9 Å². The number of hydrogen-bond acceptors (Lipinski definition) is 6. The maximum Gasteiger partial charge on any atom is 0.244 e. The number of aliphatic hydroxyl groups is 2. The van der Waals surface area contributed by atoms with Gasteiger partial charge in [0.25, 0.3) is 0 Å². The van der Waals surface area contributed by atoms with Crippen molar-refractivity contribution >= 4 is 17.7 Å². The summed E-state index contributed by atoms with van der Waals surface area (Å²) in [4.78, 5) is 42.5. The van der Waals surface area contributed by atoms with Crippen molar-refractivity contribution in [3.8, 4) is 24.7 Å². The first-order chi connectivity index (χ1) is 22.1. The average Bonchev–Trinajstić information content (AvgIpc) is 3.07. The van der Waals surface area contributed by atoms with Gasteiger partial charge in [-0.05, 0) is 50.6 Å². The molecule has 5 N–H and O–H groups in total. The number of carbonyl (C=O) groups is 3. The summed E-state index contributed by atoms with van der Waals surface area (Å²) in [6.45, 7) is 5.77. The number of rotatable bonds is 20. The molecule has 9 heteroatoms. The van der Waals surface area contributed by atoms with Crippen LogP contribution in [-0.4, -0.2) is 83.8 Å². The fraction of sp³-hybridized carbons (Fsp3) is 0.649. The maximum atomic E-state index is 13.9. The summed E-state index contributed by atoms with van der Waals surface area (Å²) < 4.78 is 0. The third-order valence-corrected chi connectivity index (χ3v) is 8.97. The molecule has 0 bridgehead atoms. The molecule has 1 aliphatic rings. The van der Waals surface area contributed by atoms with Gasteiger partial charge in [0.05, 0.1) is 18.1 Å². The Kier molecular flexibility index (Phi) is 18.1. The molecule has 0 radical (unpaired) electrons. The van der Waals surface area contributed by atoms with Crippen molar-refractivity contribution in [1.29, 1.82) is 0 Å². The van der Waals surface area contributed by atoms with E-state index < -0.39 is 47.9 Å². The summed E-state index contributed by atoms with van der Waals surface area (Å²) in [5.74, 6) is 2.78. The van der Waals surface area contributed by atoms with Crippen LogP contribution in [0.4, 0.5) is 0 Å². The lowest BCUT2D eigenvalue weighted by atomic mass is 9.82. The second kappa shape index (κ2) is 21.4. The molecule has 1 aromatic carbocycles. The van der Waals surface area contributed by atoms with Crippen molar-refractivity contribution in [2.45, 2.75) is 109 Å². The van der Waals surface area contributed by atoms with Crippen LogP contribution in [0.1, 0.15) is 83.6 Å². The fourth-order valence-corrected chi connectivity index (χ4v) is 5.99. The number of amides is 3. The van der Waals surface area contributed by atoms with Gasteiger partial charge in [-0.3, -0.25) is 14.4 Å². The molecule has 1 unspecified atom stereocenters. The highest BCUT2D eigenvalue weighted by atomic mass is 16.3. The molecule has 1 saturated carbocycles. The van der Waals surface area contributed by atoms with Crippen LogP contribution in [0.25, 0.3) is 0 Å². The molecular weight excluding hydrogens is 580 g/mol. The van der Waals surface area contributed by atoms with E-state index in [1.165, 1.54) is 0 Å². The van der Waals surface area contributed by atoms with Crippen LogP contribution in [0.15, 0.2) is 30.3 Å². The van der Waals surface area contributed by atoms with Gasteiger partial charge in [-0.25, -0.2) is 0 Å². The Hall–Kier alpha value is -3.37. The average molecular weight is 637 g/mol. The molecule has 0 heterocycles. The molecule has 6 atom stereocenters. The van der Waals surface area contributed by atoms with Crippen LogP contribution in [0.5, 0.6) is 0 Å². The smallest absolute Gasteiger partial charge is 0.244 e. The Labute approximate surface area is 276 Å². The summed E-state index contributed by atoms with van der Waals surface area (Å²) in [6.07, 6.45) is 16.3. The molecule has 254 valence electrons. The van der Waals surface area contributed by atoms with Gasteiger partial charge in [0.15, 0.2) is 0 Å². The van der Waals surface area contributed by atoms with E-state index in [0.29, 0.717) is 38.3 Å². The lowest BCUT2D eigenvalue weighted by Gasteiger charge is -2.34. The van der Waals surface area contributed by atoms with E-state index in [9.17, 15) is 24.6 Å². The highest BCUT2D eigenvalue weighted by molar-refractivity contribution is 5.91. The lowest BCUT2D eigenvalue weighted by molar-refractivity contribution is -0.137. The van der Waals surface area contributed by atoms with Gasteiger partial charge in [-0.1, -0.05) is 69.4 Å². The van der Waals surface area contributed by atoms with E-state index in [0.717, 1.165) is 50.6 Å². The number of hydrogen-bond donors (Lipinski definition) is 5. The topological polar surface area (TPSA) is 131 Å². The Morgan fingerprint density at radius 1 is 1.02 bits per heavy atom. The van der Waals surface area contributed by atoms with E-state index >= 15 is 0 Å². The summed E-state index contributed by atoms with van der Waals surface area (Å²) >= 11 is 0. The van der Waals surface area contributed by atoms with E-state index in [2.05, 4.69) is 34.7 Å². The summed E-state index contributed by atoms with van der Waals surface area (Å²) in [5.41, 5.74) is 0.894. The lowest BCUT2D eigenvalue weighted by Crippen LogP contribution is -2.57. The molecule has 3 amide bonds. The van der Waals surface area contributed by atoms with Crippen molar-refractivity contribution in [2.75, 3.05) is 26.7 Å². The number of benzene rings is 1. The van der Waals surface area contributed by atoms with Crippen molar-refractivity contribution in [3.05, 3.63) is 35.9 Å². The minimum Gasteiger partial charge on any atom is -0.390 e. The zero-order chi connectivity index (χ0) is 33.9. The Bertz CT molecular complexity index is 1140. The molecule has 0 spiro atoms. The van der Waals surface area contributed by atoms with Gasteiger partial charge >= 0.3 is 0 Å². The third kappa shape index (κ3) is 13.5. The van der Waals surface area contributed by atoms with Gasteiger partial charge in [0.2, 0.25) is 17.7 Å². The molecule has 46 heavy (non-hydrogen) atoms. The van der Waals surface area contributed by atoms with E-state index in [1.807, 2.05) is 30.3 Å². The van der Waals surface area contributed by atoms with Crippen LogP contribution in [0.2, 0.25) is 0 Å². The highest BCUT2D eigenvalue weighted by Gasteiger charge is 2.35. The Balaban J connectivity index is 2.24. The predicted molar refractivity (Wildman–Crippen MR) is 182 cm³/mol.